The summed E-state index contributed by atoms with van der Waals surface area (Å²) in [5, 5.41) is 11.7. The molecule has 5 aromatic rings. The molecule has 0 N–H and O–H groups in total. The van der Waals surface area contributed by atoms with E-state index >= 15 is 0 Å². The van der Waals surface area contributed by atoms with Gasteiger partial charge in [-0.15, -0.1) is 0 Å². The number of fused-ring (bicyclic) bond motifs is 1. The highest BCUT2D eigenvalue weighted by Gasteiger charge is 2.39. The first-order chi connectivity index (χ1) is 21.0. The zero-order valence-electron chi connectivity index (χ0n) is 23.8. The van der Waals surface area contributed by atoms with Gasteiger partial charge in [0.15, 0.2) is 0 Å². The second-order valence-electron chi connectivity index (χ2n) is 10.7. The van der Waals surface area contributed by atoms with Crippen LogP contribution >= 0.6 is 0 Å². The number of ether oxygens (including phenoxy) is 1. The lowest BCUT2D eigenvalue weighted by molar-refractivity contribution is -0.384. The molecule has 7 nitrogen and oxygen atoms in total. The number of carbonyl (C=O) groups excluding carboxylic acids is 1. The molecule has 0 spiro atoms. The quantitative estimate of drug-likeness (QED) is 0.134. The summed E-state index contributed by atoms with van der Waals surface area (Å²) in [4.78, 5) is 29.3. The van der Waals surface area contributed by atoms with Gasteiger partial charge in [0.25, 0.3) is 11.6 Å². The third-order valence-corrected chi connectivity index (χ3v) is 7.68. The zero-order chi connectivity index (χ0) is 29.8. The predicted octanol–water partition coefficient (Wildman–Crippen LogP) is 7.84. The van der Waals surface area contributed by atoms with E-state index in [1.807, 2.05) is 84.9 Å². The van der Waals surface area contributed by atoms with Crippen LogP contribution in [0.2, 0.25) is 0 Å². The summed E-state index contributed by atoms with van der Waals surface area (Å²) in [6.07, 6.45) is -0.465. The number of nitrogens with zero attached hydrogens (tertiary/aromatic N) is 3. The first kappa shape index (κ1) is 27.7. The van der Waals surface area contributed by atoms with Gasteiger partial charge < -0.3 is 14.5 Å². The van der Waals surface area contributed by atoms with Gasteiger partial charge in [-0.1, -0.05) is 103 Å². The van der Waals surface area contributed by atoms with Crippen LogP contribution < -0.4 is 9.64 Å². The molecule has 7 heteroatoms. The minimum absolute atomic E-state index is 0.111. The Morgan fingerprint density at radius 2 is 1.33 bits per heavy atom. The first-order valence-corrected chi connectivity index (χ1v) is 14.2. The molecule has 0 fully saturated rings. The molecular weight excluding hydrogens is 538 g/mol. The van der Waals surface area contributed by atoms with E-state index < -0.39 is 11.1 Å². The van der Waals surface area contributed by atoms with Crippen LogP contribution in [0.4, 0.5) is 11.4 Å². The van der Waals surface area contributed by atoms with Crippen molar-refractivity contribution in [2.24, 2.45) is 0 Å². The lowest BCUT2D eigenvalue weighted by Gasteiger charge is -2.46. The molecule has 0 aliphatic carbocycles. The molecule has 0 bridgehead atoms. The highest BCUT2D eigenvalue weighted by atomic mass is 16.6. The number of aryl methyl sites for hydroxylation is 1. The number of amides is 1. The maximum atomic E-state index is 14.2. The molecule has 1 aliphatic rings. The zero-order valence-corrected chi connectivity index (χ0v) is 23.8. The molecular formula is C36H31N3O4. The van der Waals surface area contributed by atoms with Crippen molar-refractivity contribution in [3.63, 3.8) is 0 Å². The van der Waals surface area contributed by atoms with Crippen molar-refractivity contribution >= 4 is 17.3 Å². The van der Waals surface area contributed by atoms with Crippen molar-refractivity contribution in [2.45, 2.75) is 32.8 Å². The second-order valence-corrected chi connectivity index (χ2v) is 10.7. The highest BCUT2D eigenvalue weighted by molar-refractivity contribution is 6.02. The molecule has 0 radical (unpaired) electrons. The van der Waals surface area contributed by atoms with Gasteiger partial charge in [0.2, 0.25) is 0 Å². The molecule has 1 heterocycles. The number of benzene rings is 5. The smallest absolute Gasteiger partial charge is 0.270 e. The number of non-ortho nitro benzene ring substituents is 1. The van der Waals surface area contributed by atoms with Crippen molar-refractivity contribution in [1.29, 1.82) is 0 Å². The van der Waals surface area contributed by atoms with E-state index in [0.29, 0.717) is 30.9 Å². The summed E-state index contributed by atoms with van der Waals surface area (Å²) in [5.41, 5.74) is 6.08. The molecule has 0 unspecified atom stereocenters. The standard InChI is InChI=1S/C36H31N3O4/c1-26-12-14-29(15-13-26)25-43-32-19-16-30(17-20-32)35-37(23-27-8-4-2-5-9-27)34-21-18-31(39(41)42)22-33(34)36(40)38(35)24-28-10-6-3-7-11-28/h2-22,35H,23-25H2,1H3/t35-/m1/s1. The number of nitro groups is 1. The van der Waals surface area contributed by atoms with Crippen LogP contribution in [0.15, 0.2) is 127 Å². The SMILES string of the molecule is Cc1ccc(COc2ccc([C@H]3N(Cc4ccccc4)C(=O)c4cc([N+](=O)[O-])ccc4N3Cc3ccccc3)cc2)cc1. The van der Waals surface area contributed by atoms with E-state index in [9.17, 15) is 14.9 Å². The number of carbonyl (C=O) groups is 1. The maximum Gasteiger partial charge on any atom is 0.270 e. The average molecular weight is 570 g/mol. The van der Waals surface area contributed by atoms with Gasteiger partial charge in [-0.25, -0.2) is 0 Å². The van der Waals surface area contributed by atoms with Crippen molar-refractivity contribution in [3.8, 4) is 5.75 Å². The largest absolute Gasteiger partial charge is 0.489 e. The topological polar surface area (TPSA) is 75.9 Å². The number of hydrogen-bond acceptors (Lipinski definition) is 5. The third kappa shape index (κ3) is 6.11. The monoisotopic (exact) mass is 569 g/mol. The molecule has 1 aliphatic heterocycles. The lowest BCUT2D eigenvalue weighted by Crippen LogP contribution is -2.48. The van der Waals surface area contributed by atoms with Crippen LogP contribution in [0.1, 0.15) is 44.3 Å². The molecule has 1 amide bonds. The van der Waals surface area contributed by atoms with Gasteiger partial charge in [-0.3, -0.25) is 14.9 Å². The van der Waals surface area contributed by atoms with Crippen molar-refractivity contribution < 1.29 is 14.5 Å². The van der Waals surface area contributed by atoms with Crippen LogP contribution in [0.25, 0.3) is 0 Å². The molecule has 6 rings (SSSR count). The van der Waals surface area contributed by atoms with E-state index in [4.69, 9.17) is 4.74 Å². The van der Waals surface area contributed by atoms with Gasteiger partial charge in [-0.2, -0.15) is 0 Å². The van der Waals surface area contributed by atoms with Gasteiger partial charge in [0, 0.05) is 25.2 Å². The summed E-state index contributed by atoms with van der Waals surface area (Å²) < 4.78 is 6.07. The molecule has 214 valence electrons. The summed E-state index contributed by atoms with van der Waals surface area (Å²) >= 11 is 0. The van der Waals surface area contributed by atoms with Crippen LogP contribution in [-0.2, 0) is 19.7 Å². The Labute approximate surface area is 250 Å². The van der Waals surface area contributed by atoms with E-state index in [1.54, 1.807) is 11.0 Å². The highest BCUT2D eigenvalue weighted by Crippen LogP contribution is 2.42. The Morgan fingerprint density at radius 3 is 1.93 bits per heavy atom. The summed E-state index contributed by atoms with van der Waals surface area (Å²) in [5.74, 6) is 0.475. The lowest BCUT2D eigenvalue weighted by atomic mass is 9.98. The van der Waals surface area contributed by atoms with Crippen molar-refractivity contribution in [3.05, 3.63) is 171 Å². The Kier molecular flexibility index (Phi) is 7.87. The van der Waals surface area contributed by atoms with E-state index in [0.717, 1.165) is 28.0 Å². The number of anilines is 1. The molecule has 0 aromatic heterocycles. The van der Waals surface area contributed by atoms with Crippen LogP contribution in [0.5, 0.6) is 5.75 Å². The average Bonchev–Trinajstić information content (AvgIpc) is 3.04. The fourth-order valence-corrected chi connectivity index (χ4v) is 5.46. The van der Waals surface area contributed by atoms with Gasteiger partial charge >= 0.3 is 0 Å². The minimum atomic E-state index is -0.465. The molecule has 5 aromatic carbocycles. The fourth-order valence-electron chi connectivity index (χ4n) is 5.46. The number of hydrogen-bond donors (Lipinski definition) is 0. The Balaban J connectivity index is 1.40. The fraction of sp³-hybridized carbons (Fsp3) is 0.139. The van der Waals surface area contributed by atoms with Gasteiger partial charge in [0.1, 0.15) is 18.5 Å². The number of rotatable bonds is 9. The van der Waals surface area contributed by atoms with E-state index in [1.165, 1.54) is 17.7 Å². The molecule has 1 atom stereocenters. The Morgan fingerprint density at radius 1 is 0.721 bits per heavy atom. The van der Waals surface area contributed by atoms with Crippen molar-refractivity contribution in [2.75, 3.05) is 4.90 Å². The predicted molar refractivity (Wildman–Crippen MR) is 167 cm³/mol. The van der Waals surface area contributed by atoms with Crippen LogP contribution in [-0.4, -0.2) is 15.7 Å². The molecule has 0 saturated carbocycles. The third-order valence-electron chi connectivity index (χ3n) is 7.68. The van der Waals surface area contributed by atoms with Crippen LogP contribution in [0, 0.1) is 17.0 Å². The van der Waals surface area contributed by atoms with Gasteiger partial charge in [0.05, 0.1) is 16.2 Å². The first-order valence-electron chi connectivity index (χ1n) is 14.2. The normalized spacial score (nSPS) is 14.3. The van der Waals surface area contributed by atoms with Crippen molar-refractivity contribution in [1.82, 2.24) is 4.90 Å². The van der Waals surface area contributed by atoms with E-state index in [-0.39, 0.29) is 11.6 Å². The second kappa shape index (κ2) is 12.2. The Bertz CT molecular complexity index is 1720. The summed E-state index contributed by atoms with van der Waals surface area (Å²) in [7, 11) is 0. The van der Waals surface area contributed by atoms with E-state index in [2.05, 4.69) is 36.1 Å². The minimum Gasteiger partial charge on any atom is -0.489 e. The summed E-state index contributed by atoms with van der Waals surface area (Å²) in [6, 6.07) is 40.5. The summed E-state index contributed by atoms with van der Waals surface area (Å²) in [6.45, 7) is 3.35. The molecule has 0 saturated heterocycles. The number of nitro benzene ring substituents is 1. The molecule has 43 heavy (non-hydrogen) atoms. The maximum absolute atomic E-state index is 14.2. The van der Waals surface area contributed by atoms with Crippen LogP contribution in [0.3, 0.4) is 0 Å². The Hall–Kier alpha value is -5.43. The van der Waals surface area contributed by atoms with Gasteiger partial charge in [-0.05, 0) is 47.4 Å².